The molecular formula is C21H26O4. The zero-order valence-electron chi connectivity index (χ0n) is 15.5. The van der Waals surface area contributed by atoms with Crippen molar-refractivity contribution in [3.05, 3.63) is 47.6 Å². The third-order valence-corrected chi connectivity index (χ3v) is 6.28. The van der Waals surface area contributed by atoms with Gasteiger partial charge in [-0.25, -0.2) is 0 Å². The summed E-state index contributed by atoms with van der Waals surface area (Å²) in [6.45, 7) is 14.0. The smallest absolute Gasteiger partial charge is 0.305 e. The van der Waals surface area contributed by atoms with Gasteiger partial charge in [-0.2, -0.15) is 0 Å². The fourth-order valence-corrected chi connectivity index (χ4v) is 4.85. The van der Waals surface area contributed by atoms with Crippen molar-refractivity contribution in [3.63, 3.8) is 0 Å². The lowest BCUT2D eigenvalue weighted by Crippen LogP contribution is -2.46. The molecule has 4 heteroatoms. The number of allylic oxidation sites excluding steroid dienone is 3. The molecule has 0 aromatic rings. The van der Waals surface area contributed by atoms with Crippen LogP contribution in [0.4, 0.5) is 0 Å². The van der Waals surface area contributed by atoms with Crippen LogP contribution in [0.5, 0.6) is 0 Å². The maximum Gasteiger partial charge on any atom is 0.305 e. The van der Waals surface area contributed by atoms with Crippen LogP contribution in [0.25, 0.3) is 0 Å². The molecule has 1 saturated carbocycles. The Hall–Kier alpha value is -1.94. The molecule has 0 aromatic carbocycles. The van der Waals surface area contributed by atoms with E-state index in [2.05, 4.69) is 20.1 Å². The fraction of sp³-hybridized carbons (Fsp3) is 0.524. The van der Waals surface area contributed by atoms with Gasteiger partial charge in [-0.05, 0) is 55.2 Å². The molecule has 25 heavy (non-hydrogen) atoms. The number of rotatable bonds is 5. The van der Waals surface area contributed by atoms with E-state index in [0.29, 0.717) is 18.4 Å². The van der Waals surface area contributed by atoms with Crippen molar-refractivity contribution in [2.24, 2.45) is 11.3 Å². The number of hydrogen-bond donors (Lipinski definition) is 0. The second-order valence-electron chi connectivity index (χ2n) is 7.64. The van der Waals surface area contributed by atoms with Gasteiger partial charge in [0.05, 0.1) is 13.2 Å². The van der Waals surface area contributed by atoms with Crippen molar-refractivity contribution in [1.29, 1.82) is 0 Å². The first-order valence-electron chi connectivity index (χ1n) is 8.73. The second-order valence-corrected chi connectivity index (χ2v) is 7.64. The Kier molecular flexibility index (Phi) is 4.15. The quantitative estimate of drug-likeness (QED) is 0.434. The van der Waals surface area contributed by atoms with E-state index in [1.165, 1.54) is 7.11 Å². The van der Waals surface area contributed by atoms with Gasteiger partial charge < -0.3 is 9.47 Å². The summed E-state index contributed by atoms with van der Waals surface area (Å²) in [5.41, 5.74) is 2.68. The van der Waals surface area contributed by atoms with Crippen molar-refractivity contribution in [2.45, 2.75) is 51.7 Å². The predicted molar refractivity (Wildman–Crippen MR) is 95.9 cm³/mol. The summed E-state index contributed by atoms with van der Waals surface area (Å²) in [6, 6.07) is 0. The number of carbonyl (C=O) groups excluding carboxylic acids is 2. The van der Waals surface area contributed by atoms with Crippen LogP contribution in [0.15, 0.2) is 47.6 Å². The van der Waals surface area contributed by atoms with Gasteiger partial charge in [0.15, 0.2) is 5.78 Å². The molecule has 0 N–H and O–H groups in total. The van der Waals surface area contributed by atoms with Crippen LogP contribution in [0.2, 0.25) is 0 Å². The third-order valence-electron chi connectivity index (χ3n) is 6.28. The van der Waals surface area contributed by atoms with E-state index >= 15 is 0 Å². The molecule has 4 atom stereocenters. The predicted octanol–water partition coefficient (Wildman–Crippen LogP) is 3.69. The maximum atomic E-state index is 12.6. The molecule has 3 aliphatic rings. The van der Waals surface area contributed by atoms with Gasteiger partial charge in [-0.1, -0.05) is 31.7 Å². The van der Waals surface area contributed by atoms with E-state index in [4.69, 9.17) is 9.47 Å². The van der Waals surface area contributed by atoms with E-state index in [1.54, 1.807) is 12.2 Å². The highest BCUT2D eigenvalue weighted by Gasteiger charge is 2.70. The Morgan fingerprint density at radius 1 is 1.52 bits per heavy atom. The van der Waals surface area contributed by atoms with E-state index in [9.17, 15) is 9.59 Å². The van der Waals surface area contributed by atoms with Gasteiger partial charge in [0.2, 0.25) is 0 Å². The first-order valence-corrected chi connectivity index (χ1v) is 8.73. The van der Waals surface area contributed by atoms with E-state index in [0.717, 1.165) is 23.1 Å². The number of methoxy groups -OCH3 is 1. The Morgan fingerprint density at radius 2 is 2.20 bits per heavy atom. The topological polar surface area (TPSA) is 55.9 Å². The highest BCUT2D eigenvalue weighted by atomic mass is 16.6. The van der Waals surface area contributed by atoms with Crippen LogP contribution >= 0.6 is 0 Å². The molecule has 1 heterocycles. The minimum atomic E-state index is -0.545. The van der Waals surface area contributed by atoms with Crippen LogP contribution in [0.3, 0.4) is 0 Å². The van der Waals surface area contributed by atoms with Crippen LogP contribution in [0.1, 0.15) is 40.0 Å². The van der Waals surface area contributed by atoms with Gasteiger partial charge >= 0.3 is 5.97 Å². The summed E-state index contributed by atoms with van der Waals surface area (Å²) >= 11 is 0. The fourth-order valence-electron chi connectivity index (χ4n) is 4.85. The van der Waals surface area contributed by atoms with E-state index in [1.807, 2.05) is 13.8 Å². The van der Waals surface area contributed by atoms with Gasteiger partial charge in [0.25, 0.3) is 0 Å². The molecule has 1 spiro atoms. The molecule has 4 nitrogen and oxygen atoms in total. The van der Waals surface area contributed by atoms with Crippen molar-refractivity contribution in [3.8, 4) is 0 Å². The summed E-state index contributed by atoms with van der Waals surface area (Å²) < 4.78 is 11.0. The highest BCUT2D eigenvalue weighted by molar-refractivity contribution is 6.07. The van der Waals surface area contributed by atoms with Gasteiger partial charge in [0.1, 0.15) is 5.60 Å². The number of ketones is 1. The number of hydrogen-bond acceptors (Lipinski definition) is 4. The normalized spacial score (nSPS) is 36.2. The van der Waals surface area contributed by atoms with Crippen molar-refractivity contribution in [2.75, 3.05) is 7.11 Å². The van der Waals surface area contributed by atoms with Crippen molar-refractivity contribution < 1.29 is 19.1 Å². The second kappa shape index (κ2) is 5.80. The zero-order valence-corrected chi connectivity index (χ0v) is 15.5. The van der Waals surface area contributed by atoms with Crippen LogP contribution in [-0.4, -0.2) is 30.6 Å². The van der Waals surface area contributed by atoms with Gasteiger partial charge in [0, 0.05) is 12.0 Å². The molecule has 0 radical (unpaired) electrons. The summed E-state index contributed by atoms with van der Waals surface area (Å²) in [7, 11) is 1.40. The molecule has 2 aliphatic carbocycles. The minimum absolute atomic E-state index is 0.00330. The van der Waals surface area contributed by atoms with E-state index in [-0.39, 0.29) is 29.2 Å². The number of ether oxygens (including phenoxy) is 2. The maximum absolute atomic E-state index is 12.6. The number of carbonyl (C=O) groups is 2. The third kappa shape index (κ3) is 2.38. The molecule has 0 aromatic heterocycles. The van der Waals surface area contributed by atoms with Gasteiger partial charge in [-0.3, -0.25) is 9.59 Å². The molecule has 134 valence electrons. The summed E-state index contributed by atoms with van der Waals surface area (Å²) in [4.78, 5) is 24.4. The zero-order chi connectivity index (χ0) is 18.6. The summed E-state index contributed by atoms with van der Waals surface area (Å²) in [5.74, 6) is -0.0919. The molecule has 1 aliphatic heterocycles. The lowest BCUT2D eigenvalue weighted by Gasteiger charge is -2.47. The summed E-state index contributed by atoms with van der Waals surface area (Å²) in [5, 5.41) is 0. The lowest BCUT2D eigenvalue weighted by molar-refractivity contribution is -0.141. The first kappa shape index (κ1) is 17.9. The number of esters is 1. The monoisotopic (exact) mass is 342 g/mol. The average molecular weight is 342 g/mol. The average Bonchev–Trinajstić information content (AvgIpc) is 3.28. The molecule has 3 rings (SSSR count). The summed E-state index contributed by atoms with van der Waals surface area (Å²) in [6.07, 6.45) is 5.26. The molecule has 1 saturated heterocycles. The van der Waals surface area contributed by atoms with E-state index < -0.39 is 5.60 Å². The SMILES string of the molecule is C=CC1=C(C)C(=O)C=C2[C@]13O[C@H]3C[C@H](C(=C)C)[C@@]2(C)CCC(=O)OC. The number of epoxide rings is 1. The van der Waals surface area contributed by atoms with Crippen LogP contribution in [0, 0.1) is 11.3 Å². The lowest BCUT2D eigenvalue weighted by atomic mass is 9.54. The van der Waals surface area contributed by atoms with Crippen LogP contribution < -0.4 is 0 Å². The molecule has 0 unspecified atom stereocenters. The minimum Gasteiger partial charge on any atom is -0.469 e. The molecule has 0 amide bonds. The Balaban J connectivity index is 2.09. The van der Waals surface area contributed by atoms with Crippen molar-refractivity contribution >= 4 is 11.8 Å². The van der Waals surface area contributed by atoms with Crippen LogP contribution in [-0.2, 0) is 19.1 Å². The van der Waals surface area contributed by atoms with Gasteiger partial charge in [-0.15, -0.1) is 0 Å². The standard InChI is InChI=1S/C21H26O4/c1-7-14-13(4)16(22)11-17-20(5,9-8-19(23)24-6)15(12(2)3)10-18-21(14,17)25-18/h7,11,15,18H,1-2,8-10H2,3-6H3/t15-,18+,20-,21-/m1/s1. The first-order chi connectivity index (χ1) is 11.7. The highest BCUT2D eigenvalue weighted by Crippen LogP contribution is 2.67. The molecule has 2 fully saturated rings. The Morgan fingerprint density at radius 3 is 2.76 bits per heavy atom. The Labute approximate surface area is 149 Å². The molecular weight excluding hydrogens is 316 g/mol. The van der Waals surface area contributed by atoms with Crippen molar-refractivity contribution in [1.82, 2.24) is 0 Å². The Bertz CT molecular complexity index is 741. The molecule has 0 bridgehead atoms. The largest absolute Gasteiger partial charge is 0.469 e.